The average Bonchev–Trinajstić information content (AvgIpc) is 2.78. The molecule has 0 saturated carbocycles. The number of nitrogens with one attached hydrogen (secondary N) is 1. The van der Waals surface area contributed by atoms with Crippen molar-refractivity contribution in [2.75, 3.05) is 43.2 Å². The Balaban J connectivity index is 1.69. The zero-order chi connectivity index (χ0) is 22.0. The Labute approximate surface area is 186 Å². The Kier molecular flexibility index (Phi) is 6.01. The molecule has 0 unspecified atom stereocenters. The number of nitrogens with zero attached hydrogens (tertiary/aromatic N) is 2. The monoisotopic (exact) mass is 437 g/mol. The number of hydrogen-bond donors (Lipinski definition) is 1. The van der Waals surface area contributed by atoms with E-state index in [1.165, 1.54) is 4.90 Å². The topological polar surface area (TPSA) is 71.1 Å². The first-order valence-corrected chi connectivity index (χ1v) is 10.4. The number of para-hydroxylation sites is 1. The van der Waals surface area contributed by atoms with Crippen molar-refractivity contribution in [2.24, 2.45) is 0 Å². The number of rotatable bonds is 4. The minimum absolute atomic E-state index is 0.00530. The summed E-state index contributed by atoms with van der Waals surface area (Å²) in [5.41, 5.74) is 3.15. The first-order chi connectivity index (χ1) is 15.0. The molecular formula is C23H23N3O4S. The predicted octanol–water partition coefficient (Wildman–Crippen LogP) is 2.67. The maximum Gasteiger partial charge on any atom is 0.270 e. The van der Waals surface area contributed by atoms with Crippen LogP contribution >= 0.6 is 12.2 Å². The van der Waals surface area contributed by atoms with Crippen LogP contribution in [0.15, 0.2) is 48.0 Å². The van der Waals surface area contributed by atoms with Gasteiger partial charge in [-0.1, -0.05) is 18.2 Å². The van der Waals surface area contributed by atoms with E-state index < -0.39 is 11.8 Å². The number of benzene rings is 2. The van der Waals surface area contributed by atoms with Crippen molar-refractivity contribution in [3.8, 4) is 5.75 Å². The average molecular weight is 438 g/mol. The third kappa shape index (κ3) is 4.17. The molecule has 7 nitrogen and oxygen atoms in total. The minimum atomic E-state index is -0.529. The van der Waals surface area contributed by atoms with Crippen LogP contribution in [-0.4, -0.2) is 50.3 Å². The molecule has 160 valence electrons. The Morgan fingerprint density at radius 3 is 2.58 bits per heavy atom. The Morgan fingerprint density at radius 1 is 1.13 bits per heavy atom. The lowest BCUT2D eigenvalue weighted by Gasteiger charge is -2.30. The lowest BCUT2D eigenvalue weighted by molar-refractivity contribution is -0.122. The summed E-state index contributed by atoms with van der Waals surface area (Å²) in [6.45, 7) is 4.84. The summed E-state index contributed by atoms with van der Waals surface area (Å²) in [5, 5.41) is 2.69. The van der Waals surface area contributed by atoms with Crippen LogP contribution in [0, 0.1) is 6.92 Å². The smallest absolute Gasteiger partial charge is 0.270 e. The molecule has 8 heteroatoms. The molecule has 4 rings (SSSR count). The quantitative estimate of drug-likeness (QED) is 0.451. The zero-order valence-corrected chi connectivity index (χ0v) is 18.2. The second kappa shape index (κ2) is 8.87. The van der Waals surface area contributed by atoms with Gasteiger partial charge >= 0.3 is 0 Å². The standard InChI is InChI=1S/C23H23N3O4S/c1-15-5-3-4-6-19(15)26-22(28)18(21(27)24-23(26)31)13-16-7-8-17(14-20(16)29-2)25-9-11-30-12-10-25/h3-8,13-14H,9-12H2,1-2H3,(H,24,27,31)/b18-13+. The number of morpholine rings is 1. The van der Waals surface area contributed by atoms with E-state index in [1.807, 2.05) is 43.3 Å². The van der Waals surface area contributed by atoms with Gasteiger partial charge in [-0.2, -0.15) is 0 Å². The number of thiocarbonyl (C=S) groups is 1. The van der Waals surface area contributed by atoms with Crippen molar-refractivity contribution < 1.29 is 19.1 Å². The molecule has 1 N–H and O–H groups in total. The van der Waals surface area contributed by atoms with Crippen molar-refractivity contribution >= 4 is 46.6 Å². The van der Waals surface area contributed by atoms with Gasteiger partial charge < -0.3 is 14.4 Å². The highest BCUT2D eigenvalue weighted by atomic mass is 32.1. The van der Waals surface area contributed by atoms with Crippen LogP contribution in [-0.2, 0) is 14.3 Å². The van der Waals surface area contributed by atoms with Gasteiger partial charge in [-0.05, 0) is 49.0 Å². The lowest BCUT2D eigenvalue weighted by atomic mass is 10.0. The molecule has 0 aromatic heterocycles. The molecule has 0 spiro atoms. The molecule has 2 saturated heterocycles. The van der Waals surface area contributed by atoms with Crippen LogP contribution in [0.5, 0.6) is 5.75 Å². The first-order valence-electron chi connectivity index (χ1n) is 9.97. The van der Waals surface area contributed by atoms with E-state index >= 15 is 0 Å². The summed E-state index contributed by atoms with van der Waals surface area (Å²) in [6.07, 6.45) is 1.55. The highest BCUT2D eigenvalue weighted by Gasteiger charge is 2.35. The van der Waals surface area contributed by atoms with Gasteiger partial charge in [0.05, 0.1) is 26.0 Å². The third-order valence-electron chi connectivity index (χ3n) is 5.35. The van der Waals surface area contributed by atoms with E-state index in [-0.39, 0.29) is 10.7 Å². The third-order valence-corrected chi connectivity index (χ3v) is 5.64. The molecule has 2 aromatic rings. The Morgan fingerprint density at radius 2 is 1.87 bits per heavy atom. The molecular weight excluding hydrogens is 414 g/mol. The van der Waals surface area contributed by atoms with Crippen LogP contribution in [0.4, 0.5) is 11.4 Å². The summed E-state index contributed by atoms with van der Waals surface area (Å²) in [4.78, 5) is 29.4. The first kappa shape index (κ1) is 21.0. The van der Waals surface area contributed by atoms with Gasteiger partial charge in [0.2, 0.25) is 0 Å². The SMILES string of the molecule is COc1cc(N2CCOCC2)ccc1/C=C1\C(=O)NC(=S)N(c2ccccc2C)C1=O. The summed E-state index contributed by atoms with van der Waals surface area (Å²) in [6, 6.07) is 13.1. The summed E-state index contributed by atoms with van der Waals surface area (Å²) < 4.78 is 11.0. The number of hydrogen-bond acceptors (Lipinski definition) is 6. The minimum Gasteiger partial charge on any atom is -0.496 e. The molecule has 2 amide bonds. The zero-order valence-electron chi connectivity index (χ0n) is 17.4. The van der Waals surface area contributed by atoms with Crippen LogP contribution in [0.25, 0.3) is 6.08 Å². The molecule has 2 fully saturated rings. The summed E-state index contributed by atoms with van der Waals surface area (Å²) in [7, 11) is 1.57. The normalized spacial score (nSPS) is 18.4. The fourth-order valence-electron chi connectivity index (χ4n) is 3.68. The second-order valence-electron chi connectivity index (χ2n) is 7.27. The number of carbonyl (C=O) groups excluding carboxylic acids is 2. The van der Waals surface area contributed by atoms with Crippen LogP contribution in [0.2, 0.25) is 0 Å². The van der Waals surface area contributed by atoms with Gasteiger partial charge in [-0.25, -0.2) is 0 Å². The lowest BCUT2D eigenvalue weighted by Crippen LogP contribution is -2.54. The fourth-order valence-corrected chi connectivity index (χ4v) is 3.96. The van der Waals surface area contributed by atoms with Crippen molar-refractivity contribution in [3.05, 3.63) is 59.2 Å². The number of anilines is 2. The Hall–Kier alpha value is -3.23. The van der Waals surface area contributed by atoms with Gasteiger partial charge in [0.25, 0.3) is 11.8 Å². The van der Waals surface area contributed by atoms with Gasteiger partial charge in [0.15, 0.2) is 5.11 Å². The molecule has 0 aliphatic carbocycles. The molecule has 2 aliphatic rings. The molecule has 2 heterocycles. The highest BCUT2D eigenvalue weighted by molar-refractivity contribution is 7.80. The summed E-state index contributed by atoms with van der Waals surface area (Å²) in [5.74, 6) is -0.422. The van der Waals surface area contributed by atoms with Crippen LogP contribution in [0.1, 0.15) is 11.1 Å². The number of carbonyl (C=O) groups is 2. The van der Waals surface area contributed by atoms with Gasteiger partial charge in [-0.3, -0.25) is 19.8 Å². The van der Waals surface area contributed by atoms with Crippen LogP contribution in [0.3, 0.4) is 0 Å². The van der Waals surface area contributed by atoms with E-state index in [9.17, 15) is 9.59 Å². The maximum atomic E-state index is 13.3. The van der Waals surface area contributed by atoms with Crippen molar-refractivity contribution in [1.82, 2.24) is 5.32 Å². The van der Waals surface area contributed by atoms with E-state index in [2.05, 4.69) is 10.2 Å². The second-order valence-corrected chi connectivity index (χ2v) is 7.66. The van der Waals surface area contributed by atoms with Crippen molar-refractivity contribution in [2.45, 2.75) is 6.92 Å². The number of methoxy groups -OCH3 is 1. The molecule has 2 aromatic carbocycles. The van der Waals surface area contributed by atoms with Gasteiger partial charge in [-0.15, -0.1) is 0 Å². The van der Waals surface area contributed by atoms with E-state index in [0.717, 1.165) is 24.3 Å². The van der Waals surface area contributed by atoms with Gasteiger partial charge in [0.1, 0.15) is 11.3 Å². The van der Waals surface area contributed by atoms with Gasteiger partial charge in [0, 0.05) is 30.4 Å². The van der Waals surface area contributed by atoms with Crippen LogP contribution < -0.4 is 19.9 Å². The predicted molar refractivity (Wildman–Crippen MR) is 123 cm³/mol. The van der Waals surface area contributed by atoms with E-state index in [0.29, 0.717) is 30.2 Å². The Bertz CT molecular complexity index is 1080. The largest absolute Gasteiger partial charge is 0.496 e. The highest BCUT2D eigenvalue weighted by Crippen LogP contribution is 2.30. The van der Waals surface area contributed by atoms with E-state index in [1.54, 1.807) is 19.3 Å². The van der Waals surface area contributed by atoms with Crippen molar-refractivity contribution in [3.63, 3.8) is 0 Å². The fraction of sp³-hybridized carbons (Fsp3) is 0.261. The maximum absolute atomic E-state index is 13.3. The van der Waals surface area contributed by atoms with E-state index in [4.69, 9.17) is 21.7 Å². The molecule has 0 atom stereocenters. The molecule has 0 radical (unpaired) electrons. The number of ether oxygens (including phenoxy) is 2. The summed E-state index contributed by atoms with van der Waals surface area (Å²) >= 11 is 5.28. The molecule has 31 heavy (non-hydrogen) atoms. The van der Waals surface area contributed by atoms with Crippen molar-refractivity contribution in [1.29, 1.82) is 0 Å². The number of amides is 2. The number of aryl methyl sites for hydroxylation is 1. The molecule has 2 aliphatic heterocycles. The molecule has 0 bridgehead atoms.